The Morgan fingerprint density at radius 1 is 1.32 bits per heavy atom. The van der Waals surface area contributed by atoms with Crippen molar-refractivity contribution in [2.24, 2.45) is 11.7 Å². The van der Waals surface area contributed by atoms with Crippen LogP contribution in [0.4, 0.5) is 0 Å². The summed E-state index contributed by atoms with van der Waals surface area (Å²) in [6.45, 7) is 9.81. The molecule has 0 spiro atoms. The fourth-order valence-corrected chi connectivity index (χ4v) is 3.91. The van der Waals surface area contributed by atoms with Gasteiger partial charge in [0.1, 0.15) is 0 Å². The van der Waals surface area contributed by atoms with Crippen molar-refractivity contribution in [3.63, 3.8) is 0 Å². The molecule has 3 nitrogen and oxygen atoms in total. The van der Waals surface area contributed by atoms with Gasteiger partial charge in [-0.25, -0.2) is 0 Å². The van der Waals surface area contributed by atoms with Gasteiger partial charge >= 0.3 is 0 Å². The van der Waals surface area contributed by atoms with E-state index >= 15 is 0 Å². The first kappa shape index (κ1) is 15.3. The Balaban J connectivity index is 2.15. The van der Waals surface area contributed by atoms with Gasteiger partial charge in [-0.1, -0.05) is 26.7 Å². The molecule has 0 radical (unpaired) electrons. The molecular weight excluding hydrogens is 236 g/mol. The van der Waals surface area contributed by atoms with E-state index in [2.05, 4.69) is 25.7 Å². The van der Waals surface area contributed by atoms with Crippen LogP contribution in [0.1, 0.15) is 59.3 Å². The summed E-state index contributed by atoms with van der Waals surface area (Å²) < 4.78 is 5.97. The second kappa shape index (κ2) is 6.55. The summed E-state index contributed by atoms with van der Waals surface area (Å²) in [6.07, 6.45) is 8.03. The number of hydrogen-bond acceptors (Lipinski definition) is 3. The average molecular weight is 268 g/mol. The first-order chi connectivity index (χ1) is 9.09. The summed E-state index contributed by atoms with van der Waals surface area (Å²) in [6, 6.07) is 0.678. The van der Waals surface area contributed by atoms with E-state index in [0.717, 1.165) is 26.0 Å². The van der Waals surface area contributed by atoms with Crippen LogP contribution >= 0.6 is 0 Å². The number of nitrogens with zero attached hydrogens (tertiary/aromatic N) is 1. The Kier molecular flexibility index (Phi) is 5.27. The maximum absolute atomic E-state index is 6.25. The van der Waals surface area contributed by atoms with Crippen molar-refractivity contribution in [3.05, 3.63) is 0 Å². The molecule has 2 rings (SSSR count). The van der Waals surface area contributed by atoms with Crippen LogP contribution in [0, 0.1) is 5.92 Å². The molecule has 0 amide bonds. The highest BCUT2D eigenvalue weighted by molar-refractivity contribution is 4.99. The van der Waals surface area contributed by atoms with Gasteiger partial charge in [-0.15, -0.1) is 0 Å². The molecule has 19 heavy (non-hydrogen) atoms. The quantitative estimate of drug-likeness (QED) is 0.855. The van der Waals surface area contributed by atoms with Crippen LogP contribution < -0.4 is 5.73 Å². The highest BCUT2D eigenvalue weighted by Gasteiger charge is 2.43. The molecule has 2 heterocycles. The van der Waals surface area contributed by atoms with Gasteiger partial charge in [0.05, 0.1) is 6.10 Å². The number of nitrogens with two attached hydrogens (primary N) is 1. The third-order valence-electron chi connectivity index (χ3n) is 5.27. The molecule has 0 aromatic heterocycles. The Bertz CT molecular complexity index is 282. The summed E-state index contributed by atoms with van der Waals surface area (Å²) in [5.41, 5.74) is 6.44. The molecule has 2 N–H and O–H groups in total. The van der Waals surface area contributed by atoms with Gasteiger partial charge in [0.2, 0.25) is 0 Å². The van der Waals surface area contributed by atoms with E-state index in [4.69, 9.17) is 10.5 Å². The van der Waals surface area contributed by atoms with Crippen LogP contribution in [0.5, 0.6) is 0 Å². The minimum Gasteiger partial charge on any atom is -0.378 e. The largest absolute Gasteiger partial charge is 0.378 e. The molecule has 2 aliphatic rings. The smallest absolute Gasteiger partial charge is 0.0616 e. The Labute approximate surface area is 118 Å². The first-order valence-electron chi connectivity index (χ1n) is 8.17. The summed E-state index contributed by atoms with van der Waals surface area (Å²) in [5.74, 6) is 0.591. The molecule has 112 valence electrons. The van der Waals surface area contributed by atoms with Crippen LogP contribution in [-0.2, 0) is 4.74 Å². The summed E-state index contributed by atoms with van der Waals surface area (Å²) in [4.78, 5) is 2.73. The number of likely N-dealkylation sites (tertiary alicyclic amines) is 1. The number of ether oxygens (including phenoxy) is 1. The van der Waals surface area contributed by atoms with Gasteiger partial charge in [0.25, 0.3) is 0 Å². The number of hydrogen-bond donors (Lipinski definition) is 1. The van der Waals surface area contributed by atoms with E-state index in [1.165, 1.54) is 32.2 Å². The lowest BCUT2D eigenvalue weighted by molar-refractivity contribution is -0.0961. The van der Waals surface area contributed by atoms with Crippen molar-refractivity contribution in [2.45, 2.75) is 77.0 Å². The van der Waals surface area contributed by atoms with Crippen molar-refractivity contribution in [1.82, 2.24) is 4.90 Å². The van der Waals surface area contributed by atoms with Crippen LogP contribution in [0.15, 0.2) is 0 Å². The molecule has 0 saturated carbocycles. The molecule has 0 aliphatic carbocycles. The van der Waals surface area contributed by atoms with E-state index in [-0.39, 0.29) is 5.54 Å². The molecule has 3 unspecified atom stereocenters. The minimum atomic E-state index is 0.191. The Morgan fingerprint density at radius 3 is 2.79 bits per heavy atom. The molecule has 0 bridgehead atoms. The van der Waals surface area contributed by atoms with Crippen molar-refractivity contribution in [2.75, 3.05) is 19.7 Å². The Hall–Kier alpha value is -0.120. The summed E-state index contributed by atoms with van der Waals surface area (Å²) >= 11 is 0. The van der Waals surface area contributed by atoms with Crippen molar-refractivity contribution in [1.29, 1.82) is 0 Å². The monoisotopic (exact) mass is 268 g/mol. The van der Waals surface area contributed by atoms with E-state index in [1.54, 1.807) is 0 Å². The predicted molar refractivity (Wildman–Crippen MR) is 80.2 cm³/mol. The zero-order chi connectivity index (χ0) is 13.9. The van der Waals surface area contributed by atoms with Crippen molar-refractivity contribution in [3.8, 4) is 0 Å². The van der Waals surface area contributed by atoms with E-state index < -0.39 is 0 Å². The molecular formula is C16H32N2O. The highest BCUT2D eigenvalue weighted by atomic mass is 16.5. The second-order valence-corrected chi connectivity index (χ2v) is 6.93. The zero-order valence-corrected chi connectivity index (χ0v) is 13.0. The third-order valence-corrected chi connectivity index (χ3v) is 5.27. The van der Waals surface area contributed by atoms with E-state index in [0.29, 0.717) is 18.1 Å². The molecule has 3 atom stereocenters. The van der Waals surface area contributed by atoms with Gasteiger partial charge in [0, 0.05) is 24.7 Å². The lowest BCUT2D eigenvalue weighted by Crippen LogP contribution is -2.61. The normalized spacial score (nSPS) is 38.4. The fourth-order valence-electron chi connectivity index (χ4n) is 3.91. The van der Waals surface area contributed by atoms with Crippen molar-refractivity contribution >= 4 is 0 Å². The highest BCUT2D eigenvalue weighted by Crippen LogP contribution is 2.36. The summed E-state index contributed by atoms with van der Waals surface area (Å²) in [7, 11) is 0. The molecule has 0 aromatic carbocycles. The average Bonchev–Trinajstić information content (AvgIpc) is 2.63. The minimum absolute atomic E-state index is 0.191. The molecule has 2 fully saturated rings. The van der Waals surface area contributed by atoms with E-state index in [1.807, 2.05) is 0 Å². The van der Waals surface area contributed by atoms with E-state index in [9.17, 15) is 0 Å². The van der Waals surface area contributed by atoms with Crippen LogP contribution in [-0.4, -0.2) is 42.3 Å². The first-order valence-corrected chi connectivity index (χ1v) is 8.17. The molecule has 0 aromatic rings. The predicted octanol–water partition coefficient (Wildman–Crippen LogP) is 2.78. The topological polar surface area (TPSA) is 38.5 Å². The SMILES string of the molecule is CC(C)C1CC(CN)(N2CCCCCC2C)CCO1. The molecule has 2 saturated heterocycles. The van der Waals surface area contributed by atoms with Gasteiger partial charge < -0.3 is 10.5 Å². The zero-order valence-electron chi connectivity index (χ0n) is 13.0. The lowest BCUT2D eigenvalue weighted by atomic mass is 9.80. The summed E-state index contributed by atoms with van der Waals surface area (Å²) in [5, 5.41) is 0. The number of rotatable bonds is 3. The van der Waals surface area contributed by atoms with Gasteiger partial charge in [-0.2, -0.15) is 0 Å². The lowest BCUT2D eigenvalue weighted by Gasteiger charge is -2.51. The van der Waals surface area contributed by atoms with Gasteiger partial charge in [-0.3, -0.25) is 4.90 Å². The van der Waals surface area contributed by atoms with Crippen LogP contribution in [0.25, 0.3) is 0 Å². The molecule has 2 aliphatic heterocycles. The van der Waals surface area contributed by atoms with Crippen LogP contribution in [0.2, 0.25) is 0 Å². The van der Waals surface area contributed by atoms with Crippen molar-refractivity contribution < 1.29 is 4.74 Å². The molecule has 3 heteroatoms. The van der Waals surface area contributed by atoms with Gasteiger partial charge in [-0.05, 0) is 45.1 Å². The van der Waals surface area contributed by atoms with Crippen LogP contribution in [0.3, 0.4) is 0 Å². The van der Waals surface area contributed by atoms with Gasteiger partial charge in [0.15, 0.2) is 0 Å². The maximum atomic E-state index is 6.25. The Morgan fingerprint density at radius 2 is 2.11 bits per heavy atom. The fraction of sp³-hybridized carbons (Fsp3) is 1.00. The third kappa shape index (κ3) is 3.32. The maximum Gasteiger partial charge on any atom is 0.0616 e. The second-order valence-electron chi connectivity index (χ2n) is 6.93. The standard InChI is InChI=1S/C16H32N2O/c1-13(2)15-11-16(12-17,8-10-19-15)18-9-6-4-5-7-14(18)3/h13-15H,4-12,17H2,1-3H3.